The van der Waals surface area contributed by atoms with Crippen LogP contribution in [-0.2, 0) is 6.42 Å². The average Bonchev–Trinajstić information content (AvgIpc) is 2.19. The fourth-order valence-corrected chi connectivity index (χ4v) is 1.56. The minimum Gasteiger partial charge on any atom is -0.394 e. The van der Waals surface area contributed by atoms with Gasteiger partial charge in [-0.2, -0.15) is 0 Å². The molecule has 1 unspecified atom stereocenters. The Hall–Kier alpha value is -0.280. The molecular formula is C10H12Cl2O2. The van der Waals surface area contributed by atoms with E-state index in [0.717, 1.165) is 5.56 Å². The Kier molecular flexibility index (Phi) is 4.69. The molecule has 0 saturated heterocycles. The van der Waals surface area contributed by atoms with Gasteiger partial charge in [0.1, 0.15) is 0 Å². The second kappa shape index (κ2) is 5.56. The van der Waals surface area contributed by atoms with Gasteiger partial charge in [0.25, 0.3) is 0 Å². The van der Waals surface area contributed by atoms with Gasteiger partial charge >= 0.3 is 0 Å². The molecule has 0 bridgehead atoms. The van der Waals surface area contributed by atoms with Gasteiger partial charge in [-0.15, -0.1) is 0 Å². The van der Waals surface area contributed by atoms with Crippen molar-refractivity contribution in [1.29, 1.82) is 0 Å². The summed E-state index contributed by atoms with van der Waals surface area (Å²) in [7, 11) is 0. The number of aliphatic hydroxyl groups is 2. The third kappa shape index (κ3) is 3.46. The molecule has 0 aromatic heterocycles. The van der Waals surface area contributed by atoms with E-state index >= 15 is 0 Å². The Morgan fingerprint density at radius 3 is 2.64 bits per heavy atom. The van der Waals surface area contributed by atoms with Crippen LogP contribution in [0.15, 0.2) is 18.2 Å². The van der Waals surface area contributed by atoms with Crippen molar-refractivity contribution in [3.05, 3.63) is 33.8 Å². The molecule has 2 nitrogen and oxygen atoms in total. The summed E-state index contributed by atoms with van der Waals surface area (Å²) in [6, 6.07) is 5.22. The highest BCUT2D eigenvalue weighted by Crippen LogP contribution is 2.22. The number of aryl methyl sites for hydroxylation is 1. The van der Waals surface area contributed by atoms with Crippen molar-refractivity contribution in [3.63, 3.8) is 0 Å². The summed E-state index contributed by atoms with van der Waals surface area (Å²) in [5, 5.41) is 19.0. The maximum atomic E-state index is 9.15. The summed E-state index contributed by atoms with van der Waals surface area (Å²) in [4.78, 5) is 0. The van der Waals surface area contributed by atoms with Crippen molar-refractivity contribution in [3.8, 4) is 0 Å². The zero-order valence-electron chi connectivity index (χ0n) is 7.58. The quantitative estimate of drug-likeness (QED) is 0.840. The highest BCUT2D eigenvalue weighted by molar-refractivity contribution is 6.33. The Bertz CT molecular complexity index is 302. The molecule has 0 fully saturated rings. The van der Waals surface area contributed by atoms with E-state index in [9.17, 15) is 0 Å². The summed E-state index contributed by atoms with van der Waals surface area (Å²) in [5.74, 6) is 0. The normalized spacial score (nSPS) is 12.9. The Labute approximate surface area is 93.1 Å². The molecule has 0 heterocycles. The van der Waals surface area contributed by atoms with E-state index in [0.29, 0.717) is 22.9 Å². The smallest absolute Gasteiger partial charge is 0.0774 e. The molecule has 2 N–H and O–H groups in total. The minimum absolute atomic E-state index is 0.224. The first-order valence-electron chi connectivity index (χ1n) is 4.36. The van der Waals surface area contributed by atoms with Gasteiger partial charge in [-0.25, -0.2) is 0 Å². The highest BCUT2D eigenvalue weighted by atomic mass is 35.5. The Balaban J connectivity index is 2.62. The third-order valence-corrected chi connectivity index (χ3v) is 2.57. The minimum atomic E-state index is -0.690. The zero-order chi connectivity index (χ0) is 10.6. The lowest BCUT2D eigenvalue weighted by molar-refractivity contribution is 0.0886. The van der Waals surface area contributed by atoms with Crippen molar-refractivity contribution in [2.45, 2.75) is 18.9 Å². The Morgan fingerprint density at radius 2 is 2.00 bits per heavy atom. The van der Waals surface area contributed by atoms with Crippen LogP contribution in [0, 0.1) is 0 Å². The summed E-state index contributed by atoms with van der Waals surface area (Å²) in [5.41, 5.74) is 0.895. The standard InChI is InChI=1S/C10H12Cl2O2/c11-8-2-4-10(12)7(5-8)1-3-9(14)6-13/h2,4-5,9,13-14H,1,3,6H2. The molecule has 1 atom stereocenters. The van der Waals surface area contributed by atoms with Crippen molar-refractivity contribution in [1.82, 2.24) is 0 Å². The van der Waals surface area contributed by atoms with Gasteiger partial charge in [0.05, 0.1) is 12.7 Å². The number of rotatable bonds is 4. The molecule has 0 amide bonds. The number of aliphatic hydroxyl groups excluding tert-OH is 2. The second-order valence-electron chi connectivity index (χ2n) is 3.11. The first-order valence-corrected chi connectivity index (χ1v) is 5.12. The number of benzene rings is 1. The molecule has 0 spiro atoms. The van der Waals surface area contributed by atoms with E-state index in [2.05, 4.69) is 0 Å². The highest BCUT2D eigenvalue weighted by Gasteiger charge is 2.05. The predicted octanol–water partition coefficient (Wildman–Crippen LogP) is 2.28. The topological polar surface area (TPSA) is 40.5 Å². The van der Waals surface area contributed by atoms with E-state index in [-0.39, 0.29) is 6.61 Å². The average molecular weight is 235 g/mol. The SMILES string of the molecule is OCC(O)CCc1cc(Cl)ccc1Cl. The predicted molar refractivity (Wildman–Crippen MR) is 57.9 cm³/mol. The van der Waals surface area contributed by atoms with Crippen molar-refractivity contribution in [2.24, 2.45) is 0 Å². The van der Waals surface area contributed by atoms with Gasteiger partial charge in [-0.05, 0) is 36.6 Å². The fraction of sp³-hybridized carbons (Fsp3) is 0.400. The van der Waals surface area contributed by atoms with E-state index in [1.54, 1.807) is 18.2 Å². The zero-order valence-corrected chi connectivity index (χ0v) is 9.09. The summed E-state index contributed by atoms with van der Waals surface area (Å²) >= 11 is 11.7. The van der Waals surface area contributed by atoms with Crippen molar-refractivity contribution >= 4 is 23.2 Å². The fourth-order valence-electron chi connectivity index (χ4n) is 1.15. The Morgan fingerprint density at radius 1 is 1.29 bits per heavy atom. The first kappa shape index (κ1) is 11.8. The number of hydrogen-bond donors (Lipinski definition) is 2. The second-order valence-corrected chi connectivity index (χ2v) is 3.95. The van der Waals surface area contributed by atoms with Crippen LogP contribution in [0.5, 0.6) is 0 Å². The molecule has 0 aliphatic carbocycles. The molecule has 4 heteroatoms. The molecule has 78 valence electrons. The van der Waals surface area contributed by atoms with Crippen molar-refractivity contribution < 1.29 is 10.2 Å². The lowest BCUT2D eigenvalue weighted by Crippen LogP contribution is -2.12. The molecule has 1 aromatic carbocycles. The summed E-state index contributed by atoms with van der Waals surface area (Å²) in [6.07, 6.45) is 0.405. The summed E-state index contributed by atoms with van der Waals surface area (Å²) < 4.78 is 0. The molecule has 0 radical (unpaired) electrons. The molecular weight excluding hydrogens is 223 g/mol. The first-order chi connectivity index (χ1) is 6.63. The van der Waals surface area contributed by atoms with Crippen molar-refractivity contribution in [2.75, 3.05) is 6.61 Å². The third-order valence-electron chi connectivity index (χ3n) is 1.97. The van der Waals surface area contributed by atoms with E-state index in [1.165, 1.54) is 0 Å². The van der Waals surface area contributed by atoms with Crippen LogP contribution in [-0.4, -0.2) is 22.9 Å². The van der Waals surface area contributed by atoms with Gasteiger partial charge in [0, 0.05) is 10.0 Å². The van der Waals surface area contributed by atoms with E-state index in [1.807, 2.05) is 0 Å². The van der Waals surface area contributed by atoms with Gasteiger partial charge in [-0.3, -0.25) is 0 Å². The molecule has 0 aliphatic rings. The maximum Gasteiger partial charge on any atom is 0.0774 e. The van der Waals surface area contributed by atoms with Gasteiger partial charge in [0.2, 0.25) is 0 Å². The van der Waals surface area contributed by atoms with Gasteiger partial charge in [-0.1, -0.05) is 23.2 Å². The molecule has 1 aromatic rings. The van der Waals surface area contributed by atoms with Crippen LogP contribution in [0.25, 0.3) is 0 Å². The molecule has 14 heavy (non-hydrogen) atoms. The van der Waals surface area contributed by atoms with Crippen LogP contribution >= 0.6 is 23.2 Å². The van der Waals surface area contributed by atoms with Gasteiger partial charge in [0.15, 0.2) is 0 Å². The van der Waals surface area contributed by atoms with Crippen LogP contribution in [0.4, 0.5) is 0 Å². The number of halogens is 2. The largest absolute Gasteiger partial charge is 0.394 e. The van der Waals surface area contributed by atoms with Crippen LogP contribution in [0.1, 0.15) is 12.0 Å². The lowest BCUT2D eigenvalue weighted by atomic mass is 10.1. The summed E-state index contributed by atoms with van der Waals surface area (Å²) in [6.45, 7) is -0.224. The van der Waals surface area contributed by atoms with E-state index in [4.69, 9.17) is 33.4 Å². The maximum absolute atomic E-state index is 9.15. The van der Waals surface area contributed by atoms with Crippen LogP contribution in [0.2, 0.25) is 10.0 Å². The monoisotopic (exact) mass is 234 g/mol. The van der Waals surface area contributed by atoms with Crippen LogP contribution < -0.4 is 0 Å². The van der Waals surface area contributed by atoms with Gasteiger partial charge < -0.3 is 10.2 Å². The lowest BCUT2D eigenvalue weighted by Gasteiger charge is -2.08. The molecule has 0 saturated carbocycles. The van der Waals surface area contributed by atoms with Crippen LogP contribution in [0.3, 0.4) is 0 Å². The number of hydrogen-bond acceptors (Lipinski definition) is 2. The molecule has 1 rings (SSSR count). The van der Waals surface area contributed by atoms with E-state index < -0.39 is 6.10 Å². The molecule has 0 aliphatic heterocycles.